The highest BCUT2D eigenvalue weighted by Gasteiger charge is 2.20. The third-order valence-electron chi connectivity index (χ3n) is 3.54. The van der Waals surface area contributed by atoms with Crippen LogP contribution in [0.25, 0.3) is 0 Å². The second-order valence-electron chi connectivity index (χ2n) is 6.30. The van der Waals surface area contributed by atoms with Crippen LogP contribution in [0.3, 0.4) is 0 Å². The van der Waals surface area contributed by atoms with Crippen LogP contribution in [-0.2, 0) is 11.3 Å². The Morgan fingerprint density at radius 3 is 2.42 bits per heavy atom. The van der Waals surface area contributed by atoms with Crippen LogP contribution < -0.4 is 21.3 Å². The Morgan fingerprint density at radius 1 is 1.17 bits per heavy atom. The first kappa shape index (κ1) is 20.3. The second-order valence-corrected chi connectivity index (χ2v) is 6.30. The van der Waals surface area contributed by atoms with Gasteiger partial charge in [0.05, 0.1) is 6.54 Å². The molecule has 24 heavy (non-hydrogen) atoms. The van der Waals surface area contributed by atoms with Gasteiger partial charge in [0.25, 0.3) is 0 Å². The summed E-state index contributed by atoms with van der Waals surface area (Å²) in [5, 5.41) is 11.6. The number of rotatable bonds is 8. The maximum Gasteiger partial charge on any atom is 0.319 e. The average Bonchev–Trinajstić information content (AvgIpc) is 3.30. The smallest absolute Gasteiger partial charge is 0.319 e. The van der Waals surface area contributed by atoms with Gasteiger partial charge in [-0.15, -0.1) is 12.4 Å². The van der Waals surface area contributed by atoms with E-state index in [9.17, 15) is 9.59 Å². The minimum absolute atomic E-state index is 0. The number of nitrogens with one attached hydrogen (secondary N) is 4. The molecule has 6 nitrogen and oxygen atoms in total. The highest BCUT2D eigenvalue weighted by Crippen LogP contribution is 2.27. The predicted octanol–water partition coefficient (Wildman–Crippen LogP) is 2.25. The number of hydrogen-bond acceptors (Lipinski definition) is 3. The Kier molecular flexibility index (Phi) is 8.57. The van der Waals surface area contributed by atoms with E-state index in [1.54, 1.807) is 0 Å². The average molecular weight is 355 g/mol. The molecule has 7 heteroatoms. The van der Waals surface area contributed by atoms with Crippen molar-refractivity contribution in [3.8, 4) is 0 Å². The SMILES string of the molecule is CC(C)NC(=O)Nc1ccc(CNC(=O)CNCC2CC2)cc1.Cl. The summed E-state index contributed by atoms with van der Waals surface area (Å²) in [6.45, 7) is 5.61. The van der Waals surface area contributed by atoms with E-state index in [1.165, 1.54) is 12.8 Å². The van der Waals surface area contributed by atoms with Gasteiger partial charge in [-0.05, 0) is 56.8 Å². The monoisotopic (exact) mass is 354 g/mol. The lowest BCUT2D eigenvalue weighted by Crippen LogP contribution is -2.34. The van der Waals surface area contributed by atoms with Crippen molar-refractivity contribution >= 4 is 30.0 Å². The number of halogens is 1. The minimum atomic E-state index is -0.220. The molecule has 0 heterocycles. The van der Waals surface area contributed by atoms with Gasteiger partial charge in [-0.3, -0.25) is 4.79 Å². The first-order valence-corrected chi connectivity index (χ1v) is 8.17. The number of carbonyl (C=O) groups is 2. The summed E-state index contributed by atoms with van der Waals surface area (Å²) in [6, 6.07) is 7.31. The molecule has 0 spiro atoms. The highest BCUT2D eigenvalue weighted by atomic mass is 35.5. The summed E-state index contributed by atoms with van der Waals surface area (Å²) in [5.41, 5.74) is 1.72. The lowest BCUT2D eigenvalue weighted by atomic mass is 10.2. The summed E-state index contributed by atoms with van der Waals surface area (Å²) in [4.78, 5) is 23.3. The van der Waals surface area contributed by atoms with Gasteiger partial charge in [-0.1, -0.05) is 12.1 Å². The minimum Gasteiger partial charge on any atom is -0.351 e. The van der Waals surface area contributed by atoms with E-state index in [0.29, 0.717) is 13.1 Å². The molecule has 0 saturated heterocycles. The molecule has 1 aromatic carbocycles. The fourth-order valence-electron chi connectivity index (χ4n) is 2.11. The lowest BCUT2D eigenvalue weighted by Gasteiger charge is -2.11. The van der Waals surface area contributed by atoms with Crippen LogP contribution in [0.2, 0.25) is 0 Å². The van der Waals surface area contributed by atoms with E-state index < -0.39 is 0 Å². The fraction of sp³-hybridized carbons (Fsp3) is 0.529. The molecule has 1 aliphatic rings. The predicted molar refractivity (Wildman–Crippen MR) is 98.4 cm³/mol. The molecule has 0 atom stereocenters. The van der Waals surface area contributed by atoms with Crippen LogP contribution in [0.15, 0.2) is 24.3 Å². The van der Waals surface area contributed by atoms with Crippen LogP contribution in [0.5, 0.6) is 0 Å². The first-order chi connectivity index (χ1) is 11.0. The molecule has 4 N–H and O–H groups in total. The molecular weight excluding hydrogens is 328 g/mol. The van der Waals surface area contributed by atoms with E-state index in [4.69, 9.17) is 0 Å². The van der Waals surface area contributed by atoms with E-state index in [1.807, 2.05) is 38.1 Å². The van der Waals surface area contributed by atoms with Gasteiger partial charge >= 0.3 is 6.03 Å². The van der Waals surface area contributed by atoms with Crippen LogP contribution >= 0.6 is 12.4 Å². The molecule has 0 unspecified atom stereocenters. The Labute approximate surface area is 149 Å². The van der Waals surface area contributed by atoms with Crippen LogP contribution in [-0.4, -0.2) is 31.1 Å². The molecule has 0 aliphatic heterocycles. The van der Waals surface area contributed by atoms with Gasteiger partial charge in [-0.2, -0.15) is 0 Å². The number of carbonyl (C=O) groups excluding carboxylic acids is 2. The Hall–Kier alpha value is -1.79. The second kappa shape index (κ2) is 10.2. The molecule has 0 aromatic heterocycles. The van der Waals surface area contributed by atoms with E-state index in [-0.39, 0.29) is 30.4 Å². The quantitative estimate of drug-likeness (QED) is 0.578. The lowest BCUT2D eigenvalue weighted by molar-refractivity contribution is -0.120. The highest BCUT2D eigenvalue weighted by molar-refractivity contribution is 5.89. The first-order valence-electron chi connectivity index (χ1n) is 8.17. The van der Waals surface area contributed by atoms with Crippen molar-refractivity contribution in [3.63, 3.8) is 0 Å². The van der Waals surface area contributed by atoms with Gasteiger partial charge in [-0.25, -0.2) is 4.79 Å². The fourth-order valence-corrected chi connectivity index (χ4v) is 2.11. The Balaban J connectivity index is 0.00000288. The molecule has 3 amide bonds. The van der Waals surface area contributed by atoms with E-state index in [0.717, 1.165) is 23.7 Å². The molecule has 0 radical (unpaired) electrons. The third-order valence-corrected chi connectivity index (χ3v) is 3.54. The molecule has 1 aliphatic carbocycles. The number of hydrogen-bond donors (Lipinski definition) is 4. The number of urea groups is 1. The van der Waals surface area contributed by atoms with Gasteiger partial charge in [0.15, 0.2) is 0 Å². The van der Waals surface area contributed by atoms with E-state index in [2.05, 4.69) is 21.3 Å². The summed E-state index contributed by atoms with van der Waals surface area (Å²) in [7, 11) is 0. The zero-order valence-electron chi connectivity index (χ0n) is 14.2. The third kappa shape index (κ3) is 8.17. The largest absolute Gasteiger partial charge is 0.351 e. The summed E-state index contributed by atoms with van der Waals surface area (Å²) in [5.74, 6) is 0.778. The van der Waals surface area contributed by atoms with Crippen LogP contribution in [0.4, 0.5) is 10.5 Å². The van der Waals surface area contributed by atoms with Gasteiger partial charge in [0.2, 0.25) is 5.91 Å². The zero-order chi connectivity index (χ0) is 16.7. The number of benzene rings is 1. The molecule has 1 fully saturated rings. The van der Waals surface area contributed by atoms with Crippen molar-refractivity contribution in [1.29, 1.82) is 0 Å². The standard InChI is InChI=1S/C17H26N4O2.ClH/c1-12(2)20-17(23)21-15-7-5-14(6-8-15)10-19-16(22)11-18-9-13-3-4-13;/h5-8,12-13,18H,3-4,9-11H2,1-2H3,(H,19,22)(H2,20,21,23);1H. The van der Waals surface area contributed by atoms with E-state index >= 15 is 0 Å². The molecule has 0 bridgehead atoms. The zero-order valence-corrected chi connectivity index (χ0v) is 15.0. The maximum atomic E-state index is 11.7. The maximum absolute atomic E-state index is 11.7. The van der Waals surface area contributed by atoms with Gasteiger partial charge < -0.3 is 21.3 Å². The number of amides is 3. The van der Waals surface area contributed by atoms with Crippen molar-refractivity contribution in [1.82, 2.24) is 16.0 Å². The normalized spacial score (nSPS) is 13.1. The van der Waals surface area contributed by atoms with Crippen LogP contribution in [0.1, 0.15) is 32.3 Å². The van der Waals surface area contributed by atoms with Crippen molar-refractivity contribution in [2.75, 3.05) is 18.4 Å². The molecule has 2 rings (SSSR count). The van der Waals surface area contributed by atoms with Gasteiger partial charge in [0, 0.05) is 18.3 Å². The summed E-state index contributed by atoms with van der Waals surface area (Å²) < 4.78 is 0. The Bertz CT molecular complexity index is 530. The van der Waals surface area contributed by atoms with Crippen molar-refractivity contribution in [2.24, 2.45) is 5.92 Å². The van der Waals surface area contributed by atoms with Crippen molar-refractivity contribution in [3.05, 3.63) is 29.8 Å². The van der Waals surface area contributed by atoms with Crippen molar-refractivity contribution in [2.45, 2.75) is 39.3 Å². The number of anilines is 1. The summed E-state index contributed by atoms with van der Waals surface area (Å²) >= 11 is 0. The summed E-state index contributed by atoms with van der Waals surface area (Å²) in [6.07, 6.45) is 2.56. The topological polar surface area (TPSA) is 82.3 Å². The molecule has 134 valence electrons. The van der Waals surface area contributed by atoms with Gasteiger partial charge in [0.1, 0.15) is 0 Å². The Morgan fingerprint density at radius 2 is 1.83 bits per heavy atom. The molecule has 1 aromatic rings. The van der Waals surface area contributed by atoms with Crippen molar-refractivity contribution < 1.29 is 9.59 Å². The van der Waals surface area contributed by atoms with Crippen LogP contribution in [0, 0.1) is 5.92 Å². The molecular formula is C17H27ClN4O2. The molecule has 1 saturated carbocycles.